The van der Waals surface area contributed by atoms with Crippen molar-refractivity contribution in [3.63, 3.8) is 0 Å². The summed E-state index contributed by atoms with van der Waals surface area (Å²) in [4.78, 5) is 90.7. The van der Waals surface area contributed by atoms with Crippen LogP contribution in [0.5, 0.6) is 51.7 Å². The first-order chi connectivity index (χ1) is 57.5. The van der Waals surface area contributed by atoms with Crippen LogP contribution < -0.4 is 70.3 Å². The lowest BCUT2D eigenvalue weighted by Gasteiger charge is -2.27. The monoisotopic (exact) mass is 1610 g/mol. The average Bonchev–Trinajstić information content (AvgIpc) is 1.57. The Labute approximate surface area is 685 Å². The van der Waals surface area contributed by atoms with Gasteiger partial charge in [0, 0.05) is 79.3 Å². The fraction of sp³-hybridized carbons (Fsp3) is 0.396. The molecule has 4 aliphatic carbocycles. The van der Waals surface area contributed by atoms with Gasteiger partial charge in [-0.1, -0.05) is 42.5 Å². The first kappa shape index (κ1) is 82.5. The molecular weight excluding hydrogens is 1510 g/mol. The second-order valence-electron chi connectivity index (χ2n) is 30.7. The van der Waals surface area contributed by atoms with Crippen molar-refractivity contribution in [2.24, 2.45) is 28.3 Å². The number of aromatic nitrogens is 3. The second-order valence-corrected chi connectivity index (χ2v) is 30.7. The number of benzene rings is 6. The number of fused-ring (bicyclic) bond motifs is 5. The van der Waals surface area contributed by atoms with Gasteiger partial charge in [-0.15, -0.1) is 0 Å². The van der Waals surface area contributed by atoms with Gasteiger partial charge in [0.05, 0.1) is 108 Å². The van der Waals surface area contributed by atoms with Gasteiger partial charge < -0.3 is 74.6 Å². The number of ether oxygens (including phenoxy) is 10. The van der Waals surface area contributed by atoms with Gasteiger partial charge >= 0.3 is 6.03 Å². The molecule has 5 atom stereocenters. The molecule has 618 valence electrons. The molecule has 27 nitrogen and oxygen atoms in total. The van der Waals surface area contributed by atoms with Crippen molar-refractivity contribution in [2.75, 3.05) is 94.7 Å². The molecular formula is C91H102N10O17. The van der Waals surface area contributed by atoms with Gasteiger partial charge in [-0.05, 0) is 215 Å². The van der Waals surface area contributed by atoms with E-state index >= 15 is 0 Å². The zero-order chi connectivity index (χ0) is 82.3. The van der Waals surface area contributed by atoms with Crippen LogP contribution in [0.25, 0.3) is 27.7 Å². The van der Waals surface area contributed by atoms with Crippen molar-refractivity contribution in [2.45, 2.75) is 126 Å². The lowest BCUT2D eigenvalue weighted by molar-refractivity contribution is -0.118. The van der Waals surface area contributed by atoms with E-state index in [1.165, 1.54) is 48.7 Å². The second kappa shape index (κ2) is 38.3. The summed E-state index contributed by atoms with van der Waals surface area (Å²) in [5.41, 5.74) is 18.4. The molecule has 9 aromatic rings. The molecule has 1 unspecified atom stereocenters. The minimum absolute atomic E-state index is 0.0871. The number of nitrogens with two attached hydrogens (primary N) is 2. The Morgan fingerprint density at radius 2 is 1.24 bits per heavy atom. The Bertz CT molecular complexity index is 5150. The standard InChI is InChI=1S/C32H34N4O6.C23H24N2O5.C18H24N2O3.C18H20N2O3/c1-39-28-17-22-16-23(20-37)34-31(26(22)19-29(28)40-2)21-6-8-33-30(18-21)36-9-7-24-25(32(36)38)4-3-5-27(24)42-15-12-35-10-13-41-14-11-35;1-29-19-11-10-14(12-20(19)30-15-6-2-3-7-15)18(13-21(24)26)25-22(27)16-8-4-5-9-17(16)23(25)28;1-22-15-5-4-12(14-9-19-18(21)20-10-14)8-17(15)23-16-7-11-2-3-13(16)6-11;1-22-16-9-7-12(10-17(16)23-14-4-2-3-5-14)13-6-8-15(18(19)21)20-11-13/h3-9,17-19,23,37H,10-16,20H2,1-2H3;4-5,8-12,15,18H,2-3,6-7,13H2,1H3,(H2,24,26);4-5,8,11,13-14,16H,2-3,6-7,9-10H2,1H3,(H2,19,20,21);6-11,14H,2-5H2,1H3,(H2,19,21)/t23-;;11-,13+,16+;/m0.1./s1. The Morgan fingerprint density at radius 3 is 1.86 bits per heavy atom. The summed E-state index contributed by atoms with van der Waals surface area (Å²) >= 11 is 0. The van der Waals surface area contributed by atoms with Crippen LogP contribution in [0.15, 0.2) is 168 Å². The highest BCUT2D eigenvalue weighted by Crippen LogP contribution is 2.48. The molecule has 4 saturated carbocycles. The van der Waals surface area contributed by atoms with E-state index in [1.54, 1.807) is 109 Å². The maximum absolute atomic E-state index is 13.7. The summed E-state index contributed by atoms with van der Waals surface area (Å²) in [6, 6.07) is 41.0. The van der Waals surface area contributed by atoms with Gasteiger partial charge in [0.1, 0.15) is 30.0 Å². The fourth-order valence-electron chi connectivity index (χ4n) is 17.0. The maximum Gasteiger partial charge on any atom is 0.314 e. The number of rotatable bonds is 25. The lowest BCUT2D eigenvalue weighted by Crippen LogP contribution is -2.47. The van der Waals surface area contributed by atoms with Crippen molar-refractivity contribution in [1.82, 2.24) is 35.0 Å². The predicted octanol–water partition coefficient (Wildman–Crippen LogP) is 11.9. The molecule has 6 fully saturated rings. The van der Waals surface area contributed by atoms with Crippen molar-refractivity contribution < 1.29 is 76.4 Å². The van der Waals surface area contributed by atoms with Gasteiger partial charge in [0.15, 0.2) is 46.0 Å². The number of nitrogens with zero attached hydrogens (tertiary/aromatic N) is 6. The summed E-state index contributed by atoms with van der Waals surface area (Å²) in [6.45, 7) is 5.85. The third-order valence-electron chi connectivity index (χ3n) is 23.2. The maximum atomic E-state index is 13.7. The summed E-state index contributed by atoms with van der Waals surface area (Å²) in [7, 11) is 8.08. The number of morpholine rings is 1. The van der Waals surface area contributed by atoms with Crippen LogP contribution in [0, 0.1) is 11.8 Å². The van der Waals surface area contributed by atoms with Gasteiger partial charge in [0.2, 0.25) is 5.91 Å². The summed E-state index contributed by atoms with van der Waals surface area (Å²) < 4.78 is 59.0. The zero-order valence-electron chi connectivity index (χ0n) is 67.2. The molecule has 17 rings (SSSR count). The first-order valence-electron chi connectivity index (χ1n) is 40.5. The number of aliphatic hydroxyl groups excluding tert-OH is 1. The molecule has 7 heterocycles. The molecule has 0 spiro atoms. The number of imide groups is 1. The van der Waals surface area contributed by atoms with Gasteiger partial charge in [-0.2, -0.15) is 0 Å². The van der Waals surface area contributed by atoms with E-state index in [4.69, 9.17) is 63.8 Å². The van der Waals surface area contributed by atoms with E-state index in [2.05, 4.69) is 37.6 Å². The molecule has 7 N–H and O–H groups in total. The van der Waals surface area contributed by atoms with E-state index in [0.29, 0.717) is 100 Å². The number of urea groups is 1. The molecule has 2 bridgehead atoms. The minimum atomic E-state index is -0.827. The number of hydrogen-bond acceptors (Lipinski definition) is 21. The molecule has 2 saturated heterocycles. The molecule has 6 amide bonds. The van der Waals surface area contributed by atoms with Crippen molar-refractivity contribution >= 4 is 46.1 Å². The van der Waals surface area contributed by atoms with Crippen LogP contribution >= 0.6 is 0 Å². The summed E-state index contributed by atoms with van der Waals surface area (Å²) in [5, 5.41) is 17.0. The molecule has 118 heavy (non-hydrogen) atoms. The van der Waals surface area contributed by atoms with Gasteiger partial charge in [0.25, 0.3) is 23.3 Å². The largest absolute Gasteiger partial charge is 0.493 e. The van der Waals surface area contributed by atoms with Crippen LogP contribution in [0.4, 0.5) is 4.79 Å². The molecule has 27 heteroatoms. The Hall–Kier alpha value is -12.1. The number of primary amides is 2. The van der Waals surface area contributed by atoms with Crippen LogP contribution in [0.1, 0.15) is 154 Å². The number of methoxy groups -OCH3 is 5. The number of carbonyl (C=O) groups is 5. The van der Waals surface area contributed by atoms with Crippen LogP contribution in [0.2, 0.25) is 0 Å². The third kappa shape index (κ3) is 19.1. The number of hydrogen-bond donors (Lipinski definition) is 5. The van der Waals surface area contributed by atoms with Crippen LogP contribution in [0.3, 0.4) is 0 Å². The number of carbonyl (C=O) groups excluding carboxylic acids is 5. The Balaban J connectivity index is 0.000000134. The zero-order valence-corrected chi connectivity index (χ0v) is 67.2. The van der Waals surface area contributed by atoms with Crippen molar-refractivity contribution in [3.8, 4) is 68.7 Å². The molecule has 3 aromatic heterocycles. The van der Waals surface area contributed by atoms with E-state index in [-0.39, 0.29) is 54.5 Å². The van der Waals surface area contributed by atoms with Crippen molar-refractivity contribution in [1.29, 1.82) is 0 Å². The van der Waals surface area contributed by atoms with Gasteiger partial charge in [-0.25, -0.2) is 9.78 Å². The van der Waals surface area contributed by atoms with E-state index in [9.17, 15) is 33.9 Å². The molecule has 8 aliphatic rings. The summed E-state index contributed by atoms with van der Waals surface area (Å²) in [6.07, 6.45) is 20.1. The highest BCUT2D eigenvalue weighted by molar-refractivity contribution is 6.21. The number of aliphatic imine (C=N–C) groups is 1. The molecule has 4 aliphatic heterocycles. The highest BCUT2D eigenvalue weighted by Gasteiger charge is 2.43. The third-order valence-corrected chi connectivity index (χ3v) is 23.2. The minimum Gasteiger partial charge on any atom is -0.493 e. The SMILES string of the molecule is COc1cc2c(cc1OC)C(c1ccnc(-n3ccc4c(OCCN5CCOCC5)cccc4c3=O)c1)=N[C@H](CO)C2.COc1ccc(-c2ccc(C(N)=O)nc2)cc1OC1CCCC1.COc1ccc(C(CC(N)=O)N2C(=O)c3ccccc3C2=O)cc1OC1CCCC1.COc1ccc(C2CNC(=O)NC2)cc1O[C@H]1C[C@@H]2CC[C@H]1C2. The quantitative estimate of drug-likeness (QED) is 0.0332. The van der Waals surface area contributed by atoms with E-state index < -0.39 is 29.7 Å². The molecule has 0 radical (unpaired) electrons. The van der Waals surface area contributed by atoms with E-state index in [0.717, 1.165) is 138 Å². The van der Waals surface area contributed by atoms with E-state index in [1.807, 2.05) is 72.8 Å². The van der Waals surface area contributed by atoms with Crippen LogP contribution in [-0.2, 0) is 16.0 Å². The fourth-order valence-corrected chi connectivity index (χ4v) is 17.0. The lowest BCUT2D eigenvalue weighted by atomic mass is 9.90. The smallest absolute Gasteiger partial charge is 0.314 e. The Kier molecular flexibility index (Phi) is 26.8. The number of amides is 6. The Morgan fingerprint density at radius 1 is 0.593 bits per heavy atom. The predicted molar refractivity (Wildman–Crippen MR) is 444 cm³/mol. The van der Waals surface area contributed by atoms with Crippen molar-refractivity contribution in [3.05, 3.63) is 213 Å². The highest BCUT2D eigenvalue weighted by atomic mass is 16.5. The number of nitrogens with one attached hydrogen (secondary N) is 2. The number of aliphatic hydroxyl groups is 1. The van der Waals surface area contributed by atoms with Crippen LogP contribution in [-0.4, -0.2) is 184 Å². The first-order valence-corrected chi connectivity index (χ1v) is 40.5. The average molecular weight is 1610 g/mol. The number of pyridine rings is 3. The normalized spacial score (nSPS) is 19.1. The molecule has 6 aromatic carbocycles. The summed E-state index contributed by atoms with van der Waals surface area (Å²) in [5.74, 6) is 6.40. The topological polar surface area (TPSA) is 341 Å². The van der Waals surface area contributed by atoms with Gasteiger partial charge in [-0.3, -0.25) is 48.3 Å².